The molecule has 7 heteroatoms. The maximum Gasteiger partial charge on any atom is 0.348 e. The average Bonchev–Trinajstić information content (AvgIpc) is 2.58. The van der Waals surface area contributed by atoms with Crippen LogP contribution in [0.2, 0.25) is 0 Å². The van der Waals surface area contributed by atoms with E-state index < -0.39 is 17.7 Å². The molecule has 25 heavy (non-hydrogen) atoms. The van der Waals surface area contributed by atoms with Crippen LogP contribution in [0.4, 0.5) is 0 Å². The molecule has 1 amide bonds. The van der Waals surface area contributed by atoms with Crippen molar-refractivity contribution in [2.75, 3.05) is 26.3 Å². The van der Waals surface area contributed by atoms with E-state index in [1.54, 1.807) is 29.2 Å². The summed E-state index contributed by atoms with van der Waals surface area (Å²) >= 11 is 0. The molecule has 1 aromatic rings. The molecule has 0 aromatic heterocycles. The highest BCUT2D eigenvalue weighted by Gasteiger charge is 2.38. The van der Waals surface area contributed by atoms with Crippen molar-refractivity contribution < 1.29 is 28.6 Å². The number of cyclic esters (lactones) is 2. The van der Waals surface area contributed by atoms with E-state index in [0.717, 1.165) is 0 Å². The van der Waals surface area contributed by atoms with Gasteiger partial charge in [0.15, 0.2) is 0 Å². The van der Waals surface area contributed by atoms with Gasteiger partial charge in [-0.1, -0.05) is 12.1 Å². The second-order valence-corrected chi connectivity index (χ2v) is 6.26. The van der Waals surface area contributed by atoms with Crippen LogP contribution < -0.4 is 0 Å². The molecule has 2 aliphatic heterocycles. The van der Waals surface area contributed by atoms with Crippen LogP contribution in [-0.2, 0) is 23.8 Å². The largest absolute Gasteiger partial charge is 0.419 e. The first-order valence-electron chi connectivity index (χ1n) is 8.01. The fourth-order valence-corrected chi connectivity index (χ4v) is 2.62. The van der Waals surface area contributed by atoms with Gasteiger partial charge in [-0.2, -0.15) is 0 Å². The highest BCUT2D eigenvalue weighted by atomic mass is 16.7. The Bertz CT molecular complexity index is 706. The van der Waals surface area contributed by atoms with E-state index in [1.165, 1.54) is 19.9 Å². The summed E-state index contributed by atoms with van der Waals surface area (Å²) in [6.45, 7) is 5.19. The molecular weight excluding hydrogens is 326 g/mol. The number of carbonyl (C=O) groups excluding carboxylic acids is 3. The lowest BCUT2D eigenvalue weighted by Gasteiger charge is -2.29. The molecular formula is C18H19NO6. The Hall–Kier alpha value is -2.67. The molecule has 2 heterocycles. The van der Waals surface area contributed by atoms with Gasteiger partial charge in [-0.3, -0.25) is 4.79 Å². The number of morpholine rings is 1. The summed E-state index contributed by atoms with van der Waals surface area (Å²) in [5, 5.41) is 0. The van der Waals surface area contributed by atoms with Crippen LogP contribution in [-0.4, -0.2) is 54.8 Å². The zero-order chi connectivity index (χ0) is 18.0. The summed E-state index contributed by atoms with van der Waals surface area (Å²) in [4.78, 5) is 38.0. The zero-order valence-electron chi connectivity index (χ0n) is 14.1. The highest BCUT2D eigenvalue weighted by molar-refractivity contribution is 6.18. The number of amides is 1. The van der Waals surface area contributed by atoms with Gasteiger partial charge >= 0.3 is 11.9 Å². The summed E-state index contributed by atoms with van der Waals surface area (Å²) in [5.74, 6) is -2.79. The molecule has 0 bridgehead atoms. The maximum atomic E-state index is 12.4. The molecule has 0 N–H and O–H groups in total. The van der Waals surface area contributed by atoms with Crippen LogP contribution in [0.3, 0.4) is 0 Å². The monoisotopic (exact) mass is 345 g/mol. The zero-order valence-corrected chi connectivity index (χ0v) is 14.1. The van der Waals surface area contributed by atoms with E-state index in [2.05, 4.69) is 0 Å². The molecule has 0 radical (unpaired) electrons. The topological polar surface area (TPSA) is 82.1 Å². The lowest BCUT2D eigenvalue weighted by molar-refractivity contribution is -0.222. The molecule has 0 spiro atoms. The maximum absolute atomic E-state index is 12.4. The number of rotatable bonds is 2. The van der Waals surface area contributed by atoms with Crippen LogP contribution in [0, 0.1) is 0 Å². The summed E-state index contributed by atoms with van der Waals surface area (Å²) in [6, 6.07) is 6.66. The van der Waals surface area contributed by atoms with Gasteiger partial charge in [0.05, 0.1) is 13.2 Å². The smallest absolute Gasteiger partial charge is 0.348 e. The van der Waals surface area contributed by atoms with E-state index in [0.29, 0.717) is 37.4 Å². The molecule has 2 aliphatic rings. The average molecular weight is 345 g/mol. The van der Waals surface area contributed by atoms with Crippen molar-refractivity contribution >= 4 is 23.9 Å². The predicted molar refractivity (Wildman–Crippen MR) is 87.4 cm³/mol. The molecule has 0 saturated carbocycles. The molecule has 0 atom stereocenters. The van der Waals surface area contributed by atoms with Gasteiger partial charge in [-0.15, -0.1) is 0 Å². The Balaban J connectivity index is 1.75. The van der Waals surface area contributed by atoms with E-state index in [9.17, 15) is 14.4 Å². The number of nitrogens with zero attached hydrogens (tertiary/aromatic N) is 1. The Kier molecular flexibility index (Phi) is 4.59. The summed E-state index contributed by atoms with van der Waals surface area (Å²) in [6.07, 6.45) is 1.39. The highest BCUT2D eigenvalue weighted by Crippen LogP contribution is 2.24. The van der Waals surface area contributed by atoms with Gasteiger partial charge in [-0.25, -0.2) is 9.59 Å². The number of hydrogen-bond donors (Lipinski definition) is 0. The van der Waals surface area contributed by atoms with Crippen LogP contribution in [0.25, 0.3) is 6.08 Å². The van der Waals surface area contributed by atoms with Gasteiger partial charge in [0, 0.05) is 32.5 Å². The predicted octanol–water partition coefficient (Wildman–Crippen LogP) is 1.38. The van der Waals surface area contributed by atoms with Crippen molar-refractivity contribution in [3.63, 3.8) is 0 Å². The van der Waals surface area contributed by atoms with Gasteiger partial charge in [0.1, 0.15) is 5.57 Å². The fourth-order valence-electron chi connectivity index (χ4n) is 2.62. The molecule has 2 fully saturated rings. The number of esters is 2. The van der Waals surface area contributed by atoms with Gasteiger partial charge in [0.25, 0.3) is 11.7 Å². The minimum Gasteiger partial charge on any atom is -0.419 e. The second-order valence-electron chi connectivity index (χ2n) is 6.26. The summed E-state index contributed by atoms with van der Waals surface area (Å²) in [7, 11) is 0. The molecule has 1 aromatic carbocycles. The minimum absolute atomic E-state index is 0.0688. The van der Waals surface area contributed by atoms with Crippen molar-refractivity contribution in [2.45, 2.75) is 19.6 Å². The van der Waals surface area contributed by atoms with Gasteiger partial charge < -0.3 is 19.1 Å². The third kappa shape index (κ3) is 3.88. The van der Waals surface area contributed by atoms with Crippen molar-refractivity contribution in [3.8, 4) is 0 Å². The lowest BCUT2D eigenvalue weighted by atomic mass is 10.1. The van der Waals surface area contributed by atoms with Crippen molar-refractivity contribution in [1.29, 1.82) is 0 Å². The number of ether oxygens (including phenoxy) is 3. The first-order valence-corrected chi connectivity index (χ1v) is 8.01. The lowest BCUT2D eigenvalue weighted by Crippen LogP contribution is -2.41. The molecule has 7 nitrogen and oxygen atoms in total. The molecule has 3 rings (SSSR count). The second kappa shape index (κ2) is 6.68. The number of carbonyl (C=O) groups is 3. The standard InChI is InChI=1S/C18H19NO6/c1-18(2)24-16(21)14(17(22)25-18)11-12-3-5-13(6-4-12)15(20)19-7-9-23-10-8-19/h3-6,11H,7-10H2,1-2H3. The van der Waals surface area contributed by atoms with Crippen LogP contribution >= 0.6 is 0 Å². The summed E-state index contributed by atoms with van der Waals surface area (Å²) in [5.41, 5.74) is 0.965. The van der Waals surface area contributed by atoms with Crippen LogP contribution in [0.5, 0.6) is 0 Å². The fraction of sp³-hybridized carbons (Fsp3) is 0.389. The Morgan fingerprint density at radius 1 is 1.04 bits per heavy atom. The molecule has 2 saturated heterocycles. The number of hydrogen-bond acceptors (Lipinski definition) is 6. The van der Waals surface area contributed by atoms with E-state index >= 15 is 0 Å². The molecule has 132 valence electrons. The molecule has 0 aliphatic carbocycles. The van der Waals surface area contributed by atoms with Crippen molar-refractivity contribution in [2.24, 2.45) is 0 Å². The Morgan fingerprint density at radius 3 is 2.16 bits per heavy atom. The Labute approximate surface area is 145 Å². The quantitative estimate of drug-likeness (QED) is 0.457. The normalized spacial score (nSPS) is 19.9. The molecule has 0 unspecified atom stereocenters. The first kappa shape index (κ1) is 17.2. The van der Waals surface area contributed by atoms with E-state index in [-0.39, 0.29) is 11.5 Å². The SMILES string of the molecule is CC1(C)OC(=O)C(=Cc2ccc(C(=O)N3CCOCC3)cc2)C(=O)O1. The Morgan fingerprint density at radius 2 is 1.60 bits per heavy atom. The van der Waals surface area contributed by atoms with Crippen molar-refractivity contribution in [3.05, 3.63) is 41.0 Å². The van der Waals surface area contributed by atoms with Crippen LogP contribution in [0.15, 0.2) is 29.8 Å². The number of benzene rings is 1. The third-order valence-electron chi connectivity index (χ3n) is 3.88. The van der Waals surface area contributed by atoms with Gasteiger partial charge in [-0.05, 0) is 23.8 Å². The van der Waals surface area contributed by atoms with E-state index in [1.807, 2.05) is 0 Å². The minimum atomic E-state index is -1.26. The summed E-state index contributed by atoms with van der Waals surface area (Å²) < 4.78 is 15.3. The van der Waals surface area contributed by atoms with Crippen molar-refractivity contribution in [1.82, 2.24) is 4.90 Å². The first-order chi connectivity index (χ1) is 11.9. The third-order valence-corrected chi connectivity index (χ3v) is 3.88. The van der Waals surface area contributed by atoms with Gasteiger partial charge in [0.2, 0.25) is 0 Å². The van der Waals surface area contributed by atoms with E-state index in [4.69, 9.17) is 14.2 Å². The van der Waals surface area contributed by atoms with Crippen LogP contribution in [0.1, 0.15) is 29.8 Å².